The lowest BCUT2D eigenvalue weighted by atomic mass is 10.3. The van der Waals surface area contributed by atoms with E-state index in [0.29, 0.717) is 21.9 Å². The van der Waals surface area contributed by atoms with Crippen LogP contribution in [0, 0.1) is 6.92 Å². The van der Waals surface area contributed by atoms with Gasteiger partial charge in [-0.25, -0.2) is 4.99 Å². The summed E-state index contributed by atoms with van der Waals surface area (Å²) in [5, 5.41) is 0. The molecule has 0 radical (unpaired) electrons. The second-order valence-electron chi connectivity index (χ2n) is 4.58. The van der Waals surface area contributed by atoms with E-state index in [9.17, 15) is 13.6 Å². The van der Waals surface area contributed by atoms with Crippen molar-refractivity contribution in [3.63, 3.8) is 0 Å². The van der Waals surface area contributed by atoms with Crippen LogP contribution in [0.5, 0.6) is 5.75 Å². The topological polar surface area (TPSA) is 43.6 Å². The van der Waals surface area contributed by atoms with Crippen molar-refractivity contribution in [2.24, 2.45) is 4.99 Å². The van der Waals surface area contributed by atoms with E-state index in [0.717, 1.165) is 5.69 Å². The number of carbonyl (C=O) groups is 1. The smallest absolute Gasteiger partial charge is 0.387 e. The molecule has 0 fully saturated rings. The van der Waals surface area contributed by atoms with Crippen molar-refractivity contribution in [2.45, 2.75) is 33.9 Å². The molecular formula is C15H16F2N2O2S. The van der Waals surface area contributed by atoms with Crippen molar-refractivity contribution in [3.05, 3.63) is 39.6 Å². The number of alkyl halides is 2. The van der Waals surface area contributed by atoms with Crippen LogP contribution < -0.4 is 9.54 Å². The average Bonchev–Trinajstić information content (AvgIpc) is 2.76. The van der Waals surface area contributed by atoms with Crippen LogP contribution >= 0.6 is 11.3 Å². The molecule has 1 heterocycles. The van der Waals surface area contributed by atoms with Gasteiger partial charge in [-0.15, -0.1) is 0 Å². The molecule has 0 aliphatic rings. The van der Waals surface area contributed by atoms with Crippen LogP contribution in [-0.2, 0) is 6.54 Å². The molecule has 1 aromatic heterocycles. The summed E-state index contributed by atoms with van der Waals surface area (Å²) < 4.78 is 30.5. The number of hydrogen-bond donors (Lipinski definition) is 0. The molecule has 0 N–H and O–H groups in total. The van der Waals surface area contributed by atoms with Gasteiger partial charge in [-0.2, -0.15) is 8.78 Å². The van der Waals surface area contributed by atoms with Crippen molar-refractivity contribution >= 4 is 22.8 Å². The fourth-order valence-electron chi connectivity index (χ4n) is 2.08. The third-order valence-electron chi connectivity index (χ3n) is 3.08. The maximum absolute atomic E-state index is 12.1. The molecule has 0 amide bonds. The monoisotopic (exact) mass is 326 g/mol. The molecule has 2 rings (SSSR count). The molecule has 1 aromatic carbocycles. The number of hydrogen-bond acceptors (Lipinski definition) is 4. The Morgan fingerprint density at radius 1 is 1.36 bits per heavy atom. The number of Topliss-reactive ketones (excluding diaryl/α,β-unsaturated/α-hetero) is 1. The van der Waals surface area contributed by atoms with Crippen molar-refractivity contribution in [2.75, 3.05) is 0 Å². The fourth-order valence-corrected chi connectivity index (χ4v) is 3.19. The molecule has 4 nitrogen and oxygen atoms in total. The minimum absolute atomic E-state index is 0.00633. The number of nitrogens with zero attached hydrogens (tertiary/aromatic N) is 2. The molecule has 0 spiro atoms. The quantitative estimate of drug-likeness (QED) is 0.782. The third-order valence-corrected chi connectivity index (χ3v) is 4.36. The lowest BCUT2D eigenvalue weighted by Gasteiger charge is -2.04. The Kier molecular flexibility index (Phi) is 5.07. The Morgan fingerprint density at radius 2 is 2.00 bits per heavy atom. The summed E-state index contributed by atoms with van der Waals surface area (Å²) in [6, 6.07) is 6.07. The molecule has 0 aliphatic heterocycles. The molecule has 118 valence electrons. The lowest BCUT2D eigenvalue weighted by Crippen LogP contribution is -2.14. The molecule has 0 aliphatic carbocycles. The molecule has 0 atom stereocenters. The normalized spacial score (nSPS) is 12.0. The average molecular weight is 326 g/mol. The van der Waals surface area contributed by atoms with Crippen LogP contribution in [0.25, 0.3) is 0 Å². The lowest BCUT2D eigenvalue weighted by molar-refractivity contribution is -0.0498. The highest BCUT2D eigenvalue weighted by Crippen LogP contribution is 2.20. The van der Waals surface area contributed by atoms with Gasteiger partial charge >= 0.3 is 6.61 Å². The van der Waals surface area contributed by atoms with E-state index in [2.05, 4.69) is 9.73 Å². The van der Waals surface area contributed by atoms with E-state index in [1.54, 1.807) is 12.1 Å². The Bertz CT molecular complexity index is 733. The van der Waals surface area contributed by atoms with E-state index >= 15 is 0 Å². The van der Waals surface area contributed by atoms with Gasteiger partial charge in [0.15, 0.2) is 10.6 Å². The Balaban J connectivity index is 2.40. The first-order chi connectivity index (χ1) is 10.4. The maximum Gasteiger partial charge on any atom is 0.387 e. The zero-order valence-corrected chi connectivity index (χ0v) is 13.3. The van der Waals surface area contributed by atoms with E-state index in [-0.39, 0.29) is 11.5 Å². The summed E-state index contributed by atoms with van der Waals surface area (Å²) in [4.78, 5) is 17.5. The number of benzene rings is 1. The van der Waals surface area contributed by atoms with Crippen LogP contribution in [0.3, 0.4) is 0 Å². The number of halogens is 2. The summed E-state index contributed by atoms with van der Waals surface area (Å²) in [5.41, 5.74) is 1.50. The number of carbonyl (C=O) groups excluding carboxylic acids is 1. The van der Waals surface area contributed by atoms with Crippen molar-refractivity contribution < 1.29 is 18.3 Å². The zero-order chi connectivity index (χ0) is 16.3. The first-order valence-corrected chi connectivity index (χ1v) is 7.54. The molecule has 2 aromatic rings. The summed E-state index contributed by atoms with van der Waals surface area (Å²) in [6.45, 7) is 3.24. The minimum atomic E-state index is -2.84. The summed E-state index contributed by atoms with van der Waals surface area (Å²) in [5.74, 6) is 0.0935. The van der Waals surface area contributed by atoms with Gasteiger partial charge in [-0.1, -0.05) is 11.3 Å². The van der Waals surface area contributed by atoms with Gasteiger partial charge in [-0.05, 0) is 38.1 Å². The molecule has 0 saturated heterocycles. The molecule has 0 saturated carbocycles. The van der Waals surface area contributed by atoms with Crippen LogP contribution in [-0.4, -0.2) is 17.0 Å². The molecular weight excluding hydrogens is 310 g/mol. The van der Waals surface area contributed by atoms with Gasteiger partial charge in [0, 0.05) is 19.2 Å². The van der Waals surface area contributed by atoms with Crippen molar-refractivity contribution in [1.29, 1.82) is 0 Å². The van der Waals surface area contributed by atoms with Crippen molar-refractivity contribution in [1.82, 2.24) is 4.57 Å². The first-order valence-electron chi connectivity index (χ1n) is 6.73. The second kappa shape index (κ2) is 6.83. The van der Waals surface area contributed by atoms with Crippen LogP contribution in [0.15, 0.2) is 29.3 Å². The first kappa shape index (κ1) is 16.4. The van der Waals surface area contributed by atoms with Gasteiger partial charge in [0.05, 0.1) is 10.6 Å². The van der Waals surface area contributed by atoms with Gasteiger partial charge in [0.2, 0.25) is 0 Å². The Morgan fingerprint density at radius 3 is 2.50 bits per heavy atom. The highest BCUT2D eigenvalue weighted by Gasteiger charge is 2.12. The van der Waals surface area contributed by atoms with Gasteiger partial charge in [-0.3, -0.25) is 4.79 Å². The SMILES string of the molecule is CCn1c(C)c(C(C)=O)sc1=Nc1ccc(OC(F)F)cc1. The summed E-state index contributed by atoms with van der Waals surface area (Å²) in [7, 11) is 0. The van der Waals surface area contributed by atoms with E-state index in [4.69, 9.17) is 0 Å². The summed E-state index contributed by atoms with van der Waals surface area (Å²) >= 11 is 1.32. The van der Waals surface area contributed by atoms with E-state index in [1.807, 2.05) is 18.4 Å². The second-order valence-corrected chi connectivity index (χ2v) is 5.56. The minimum Gasteiger partial charge on any atom is -0.435 e. The van der Waals surface area contributed by atoms with E-state index < -0.39 is 6.61 Å². The molecule has 22 heavy (non-hydrogen) atoms. The molecule has 0 bridgehead atoms. The van der Waals surface area contributed by atoms with Gasteiger partial charge in [0.25, 0.3) is 0 Å². The van der Waals surface area contributed by atoms with Crippen molar-refractivity contribution in [3.8, 4) is 5.75 Å². The maximum atomic E-state index is 12.1. The van der Waals surface area contributed by atoms with Crippen LogP contribution in [0.4, 0.5) is 14.5 Å². The van der Waals surface area contributed by atoms with Crippen LogP contribution in [0.2, 0.25) is 0 Å². The highest BCUT2D eigenvalue weighted by atomic mass is 32.1. The number of ketones is 1. The number of rotatable bonds is 5. The fraction of sp³-hybridized carbons (Fsp3) is 0.333. The van der Waals surface area contributed by atoms with E-state index in [1.165, 1.54) is 30.4 Å². The van der Waals surface area contributed by atoms with Gasteiger partial charge < -0.3 is 9.30 Å². The predicted octanol–water partition coefficient (Wildman–Crippen LogP) is 3.91. The third kappa shape index (κ3) is 3.59. The molecule has 0 unspecified atom stereocenters. The highest BCUT2D eigenvalue weighted by molar-refractivity contribution is 7.11. The Hall–Kier alpha value is -2.02. The standard InChI is InChI=1S/C15H16F2N2O2S/c1-4-19-9(2)13(10(3)20)22-15(19)18-11-5-7-12(8-6-11)21-14(16)17/h5-8,14H,4H2,1-3H3. The van der Waals surface area contributed by atoms with Crippen LogP contribution in [0.1, 0.15) is 29.2 Å². The number of thiazole rings is 1. The number of aromatic nitrogens is 1. The Labute approximate surface area is 130 Å². The largest absolute Gasteiger partial charge is 0.435 e. The number of ether oxygens (including phenoxy) is 1. The molecule has 7 heteroatoms. The van der Waals surface area contributed by atoms with Gasteiger partial charge in [0.1, 0.15) is 5.75 Å². The predicted molar refractivity (Wildman–Crippen MR) is 81.0 cm³/mol. The summed E-state index contributed by atoms with van der Waals surface area (Å²) in [6.07, 6.45) is 0. The zero-order valence-electron chi connectivity index (χ0n) is 12.5.